The van der Waals surface area contributed by atoms with Gasteiger partial charge in [0, 0.05) is 26.1 Å². The van der Waals surface area contributed by atoms with E-state index in [1.807, 2.05) is 0 Å². The zero-order chi connectivity index (χ0) is 14.0. The average Bonchev–Trinajstić information content (AvgIpc) is 2.34. The molecular weight excluding hydrogens is 278 g/mol. The monoisotopic (exact) mass is 303 g/mol. The number of nitrogens with zero attached hydrogens (tertiary/aromatic N) is 1. The van der Waals surface area contributed by atoms with Crippen LogP contribution in [0.15, 0.2) is 0 Å². The van der Waals surface area contributed by atoms with Crippen LogP contribution in [0.3, 0.4) is 0 Å². The molecule has 0 aromatic heterocycles. The Morgan fingerprint density at radius 1 is 1.20 bits per heavy atom. The van der Waals surface area contributed by atoms with Gasteiger partial charge in [-0.25, -0.2) is 0 Å². The van der Waals surface area contributed by atoms with Crippen molar-refractivity contribution >= 4 is 24.2 Å². The van der Waals surface area contributed by atoms with E-state index in [-0.39, 0.29) is 42.7 Å². The van der Waals surface area contributed by atoms with Gasteiger partial charge < -0.3 is 16.0 Å². The summed E-state index contributed by atoms with van der Waals surface area (Å²) < 4.78 is 0. The first-order chi connectivity index (χ1) is 8.99. The summed E-state index contributed by atoms with van der Waals surface area (Å²) in [6.45, 7) is 0.101. The van der Waals surface area contributed by atoms with E-state index in [1.54, 1.807) is 14.1 Å². The standard InChI is InChI=1S/C14H25N3O2.ClH/c1-17(2)12(18)8-16-14(19)11-6-9-4-3-5-10(7-11)13(9)15;/h9-11,13H,3-8,15H2,1-2H3,(H,16,19);1H. The highest BCUT2D eigenvalue weighted by atomic mass is 35.5. The van der Waals surface area contributed by atoms with Crippen LogP contribution < -0.4 is 11.1 Å². The Labute approximate surface area is 127 Å². The summed E-state index contributed by atoms with van der Waals surface area (Å²) in [7, 11) is 3.39. The molecule has 0 aromatic rings. The number of fused-ring (bicyclic) bond motifs is 2. The summed E-state index contributed by atoms with van der Waals surface area (Å²) in [5, 5.41) is 2.77. The van der Waals surface area contributed by atoms with E-state index >= 15 is 0 Å². The van der Waals surface area contributed by atoms with Crippen molar-refractivity contribution in [3.63, 3.8) is 0 Å². The number of hydrogen-bond acceptors (Lipinski definition) is 3. The fourth-order valence-corrected chi connectivity index (χ4v) is 3.47. The van der Waals surface area contributed by atoms with E-state index in [9.17, 15) is 9.59 Å². The number of amides is 2. The number of nitrogens with one attached hydrogen (secondary N) is 1. The first kappa shape index (κ1) is 17.2. The highest BCUT2D eigenvalue weighted by Crippen LogP contribution is 2.41. The van der Waals surface area contributed by atoms with Crippen molar-refractivity contribution in [3.05, 3.63) is 0 Å². The lowest BCUT2D eigenvalue weighted by Crippen LogP contribution is -2.49. The topological polar surface area (TPSA) is 75.4 Å². The minimum absolute atomic E-state index is 0. The van der Waals surface area contributed by atoms with Crippen molar-refractivity contribution in [3.8, 4) is 0 Å². The van der Waals surface area contributed by atoms with Gasteiger partial charge in [-0.15, -0.1) is 12.4 Å². The Morgan fingerprint density at radius 2 is 1.75 bits per heavy atom. The summed E-state index contributed by atoms with van der Waals surface area (Å²) in [5.41, 5.74) is 6.22. The van der Waals surface area contributed by atoms with Gasteiger partial charge in [0.05, 0.1) is 6.54 Å². The van der Waals surface area contributed by atoms with Gasteiger partial charge in [0.1, 0.15) is 0 Å². The third kappa shape index (κ3) is 3.85. The minimum atomic E-state index is -0.0685. The second-order valence-electron chi connectivity index (χ2n) is 6.20. The number of carbonyl (C=O) groups is 2. The summed E-state index contributed by atoms with van der Waals surface area (Å²) in [5.74, 6) is 0.991. The van der Waals surface area contributed by atoms with E-state index in [0.29, 0.717) is 11.8 Å². The highest BCUT2D eigenvalue weighted by molar-refractivity contribution is 5.86. The predicted molar refractivity (Wildman–Crippen MR) is 80.5 cm³/mol. The predicted octanol–water partition coefficient (Wildman–Crippen LogP) is 0.766. The molecule has 2 aliphatic rings. The summed E-state index contributed by atoms with van der Waals surface area (Å²) in [6.07, 6.45) is 5.33. The maximum atomic E-state index is 12.1. The molecule has 0 aromatic carbocycles. The third-order valence-electron chi connectivity index (χ3n) is 4.70. The Bertz CT molecular complexity index is 348. The molecule has 6 heteroatoms. The van der Waals surface area contributed by atoms with Crippen molar-refractivity contribution in [1.82, 2.24) is 10.2 Å². The second kappa shape index (κ2) is 7.27. The molecule has 2 fully saturated rings. The van der Waals surface area contributed by atoms with Crippen LogP contribution in [0.2, 0.25) is 0 Å². The van der Waals surface area contributed by atoms with Gasteiger partial charge >= 0.3 is 0 Å². The molecule has 0 spiro atoms. The second-order valence-corrected chi connectivity index (χ2v) is 6.20. The molecule has 2 bridgehead atoms. The smallest absolute Gasteiger partial charge is 0.241 e. The number of rotatable bonds is 3. The van der Waals surface area contributed by atoms with Crippen LogP contribution in [-0.2, 0) is 9.59 Å². The largest absolute Gasteiger partial charge is 0.347 e. The normalized spacial score (nSPS) is 31.9. The Morgan fingerprint density at radius 3 is 2.25 bits per heavy atom. The summed E-state index contributed by atoms with van der Waals surface area (Å²) >= 11 is 0. The summed E-state index contributed by atoms with van der Waals surface area (Å²) in [4.78, 5) is 25.1. The SMILES string of the molecule is CN(C)C(=O)CNC(=O)C1CC2CCCC(C1)C2N.Cl. The third-order valence-corrected chi connectivity index (χ3v) is 4.70. The van der Waals surface area contributed by atoms with Crippen molar-refractivity contribution in [2.24, 2.45) is 23.5 Å². The van der Waals surface area contributed by atoms with Gasteiger partial charge in [0.15, 0.2) is 0 Å². The molecule has 2 unspecified atom stereocenters. The highest BCUT2D eigenvalue weighted by Gasteiger charge is 2.40. The van der Waals surface area contributed by atoms with Gasteiger partial charge in [0.2, 0.25) is 11.8 Å². The van der Waals surface area contributed by atoms with Crippen LogP contribution in [0.5, 0.6) is 0 Å². The van der Waals surface area contributed by atoms with Gasteiger partial charge in [-0.1, -0.05) is 6.42 Å². The van der Waals surface area contributed by atoms with Crippen LogP contribution in [0.4, 0.5) is 0 Å². The van der Waals surface area contributed by atoms with E-state index in [0.717, 1.165) is 25.7 Å². The molecule has 2 amide bonds. The lowest BCUT2D eigenvalue weighted by Gasteiger charge is -2.43. The minimum Gasteiger partial charge on any atom is -0.347 e. The van der Waals surface area contributed by atoms with Crippen molar-refractivity contribution < 1.29 is 9.59 Å². The number of hydrogen-bond donors (Lipinski definition) is 2. The Hall–Kier alpha value is -0.810. The quantitative estimate of drug-likeness (QED) is 0.808. The molecule has 2 rings (SSSR count). The molecule has 2 saturated carbocycles. The first-order valence-electron chi connectivity index (χ1n) is 7.22. The lowest BCUT2D eigenvalue weighted by atomic mass is 9.65. The summed E-state index contributed by atoms with van der Waals surface area (Å²) in [6, 6.07) is 0.279. The van der Waals surface area contributed by atoms with Crippen molar-refractivity contribution in [2.75, 3.05) is 20.6 Å². The number of halogens is 1. The molecule has 2 aliphatic carbocycles. The van der Waals surface area contributed by atoms with Gasteiger partial charge in [-0.3, -0.25) is 9.59 Å². The van der Waals surface area contributed by atoms with Crippen molar-refractivity contribution in [1.29, 1.82) is 0 Å². The van der Waals surface area contributed by atoms with Crippen LogP contribution in [0, 0.1) is 17.8 Å². The van der Waals surface area contributed by atoms with Crippen LogP contribution >= 0.6 is 12.4 Å². The number of carbonyl (C=O) groups excluding carboxylic acids is 2. The van der Waals surface area contributed by atoms with Crippen LogP contribution in [-0.4, -0.2) is 43.4 Å². The van der Waals surface area contributed by atoms with Gasteiger partial charge in [0.25, 0.3) is 0 Å². The maximum Gasteiger partial charge on any atom is 0.241 e. The van der Waals surface area contributed by atoms with Crippen LogP contribution in [0.1, 0.15) is 32.1 Å². The molecule has 20 heavy (non-hydrogen) atoms. The molecular formula is C14H26ClN3O2. The van der Waals surface area contributed by atoms with Crippen molar-refractivity contribution in [2.45, 2.75) is 38.1 Å². The first-order valence-corrected chi connectivity index (χ1v) is 7.22. The van der Waals surface area contributed by atoms with E-state index in [1.165, 1.54) is 11.3 Å². The van der Waals surface area contributed by atoms with Gasteiger partial charge in [-0.2, -0.15) is 0 Å². The molecule has 5 nitrogen and oxygen atoms in total. The molecule has 3 N–H and O–H groups in total. The molecule has 2 atom stereocenters. The average molecular weight is 304 g/mol. The maximum absolute atomic E-state index is 12.1. The van der Waals surface area contributed by atoms with E-state index in [2.05, 4.69) is 5.32 Å². The number of nitrogens with two attached hydrogens (primary N) is 1. The molecule has 0 aliphatic heterocycles. The number of likely N-dealkylation sites (N-methyl/N-ethyl adjacent to an activating group) is 1. The lowest BCUT2D eigenvalue weighted by molar-refractivity contribution is -0.133. The fourth-order valence-electron chi connectivity index (χ4n) is 3.47. The van der Waals surface area contributed by atoms with E-state index in [4.69, 9.17) is 5.73 Å². The van der Waals surface area contributed by atoms with Gasteiger partial charge in [-0.05, 0) is 37.5 Å². The fraction of sp³-hybridized carbons (Fsp3) is 0.857. The zero-order valence-electron chi connectivity index (χ0n) is 12.3. The molecule has 0 radical (unpaired) electrons. The molecule has 116 valence electrons. The Kier molecular flexibility index (Phi) is 6.27. The molecule has 0 heterocycles. The van der Waals surface area contributed by atoms with Crippen LogP contribution in [0.25, 0.3) is 0 Å². The van der Waals surface area contributed by atoms with E-state index < -0.39 is 0 Å². The zero-order valence-corrected chi connectivity index (χ0v) is 13.1. The molecule has 0 saturated heterocycles. The Balaban J connectivity index is 0.00000200.